The van der Waals surface area contributed by atoms with Crippen molar-refractivity contribution in [2.24, 2.45) is 5.92 Å². The fourth-order valence-corrected chi connectivity index (χ4v) is 3.27. The van der Waals surface area contributed by atoms with Gasteiger partial charge in [-0.05, 0) is 50.7 Å². The molecule has 2 aliphatic rings. The highest BCUT2D eigenvalue weighted by Crippen LogP contribution is 2.43. The van der Waals surface area contributed by atoms with Crippen molar-refractivity contribution in [3.8, 4) is 5.75 Å². The Bertz CT molecular complexity index is 618. The molecule has 0 bridgehead atoms. The Balaban J connectivity index is 1.68. The van der Waals surface area contributed by atoms with Crippen LogP contribution in [-0.2, 0) is 4.74 Å². The Hall–Kier alpha value is -1.82. The van der Waals surface area contributed by atoms with Gasteiger partial charge >= 0.3 is 6.03 Å². The fraction of sp³-hybridized carbons (Fsp3) is 0.588. The van der Waals surface area contributed by atoms with Crippen LogP contribution in [0.5, 0.6) is 5.75 Å². The Morgan fingerprint density at radius 2 is 2.17 bits per heavy atom. The number of halogens is 1. The van der Waals surface area contributed by atoms with Crippen molar-refractivity contribution < 1.29 is 18.7 Å². The molecule has 0 aromatic heterocycles. The minimum atomic E-state index is -0.500. The minimum Gasteiger partial charge on any atom is -0.494 e. The van der Waals surface area contributed by atoms with Crippen LogP contribution < -0.4 is 15.4 Å². The van der Waals surface area contributed by atoms with Crippen LogP contribution >= 0.6 is 0 Å². The zero-order valence-corrected chi connectivity index (χ0v) is 13.7. The number of anilines is 1. The monoisotopic (exact) mass is 322 g/mol. The molecule has 0 spiro atoms. The van der Waals surface area contributed by atoms with E-state index in [1.165, 1.54) is 13.2 Å². The van der Waals surface area contributed by atoms with Gasteiger partial charge in [0, 0.05) is 18.4 Å². The summed E-state index contributed by atoms with van der Waals surface area (Å²) in [5.41, 5.74) is 0.806. The number of nitrogens with one attached hydrogen (secondary N) is 2. The van der Waals surface area contributed by atoms with Crippen LogP contribution in [0.2, 0.25) is 0 Å². The number of ether oxygens (including phenoxy) is 2. The highest BCUT2D eigenvalue weighted by molar-refractivity contribution is 5.90. The lowest BCUT2D eigenvalue weighted by atomic mass is 9.90. The van der Waals surface area contributed by atoms with E-state index in [2.05, 4.69) is 10.6 Å². The van der Waals surface area contributed by atoms with E-state index in [1.807, 2.05) is 6.92 Å². The predicted octanol–water partition coefficient (Wildman–Crippen LogP) is 3.22. The average molecular weight is 322 g/mol. The first-order chi connectivity index (χ1) is 10.9. The molecule has 126 valence electrons. The van der Waals surface area contributed by atoms with Gasteiger partial charge in [-0.1, -0.05) is 0 Å². The van der Waals surface area contributed by atoms with Gasteiger partial charge in [0.15, 0.2) is 11.6 Å². The van der Waals surface area contributed by atoms with Crippen molar-refractivity contribution in [3.63, 3.8) is 0 Å². The SMILES string of the molecule is COc1cc(C)c(NC(=O)N[C@]2(C)CCO[C@H]2C2CC2)cc1F. The van der Waals surface area contributed by atoms with Gasteiger partial charge in [-0.25, -0.2) is 9.18 Å². The molecular weight excluding hydrogens is 299 g/mol. The summed E-state index contributed by atoms with van der Waals surface area (Å²) < 4.78 is 24.6. The molecule has 23 heavy (non-hydrogen) atoms. The predicted molar refractivity (Wildman–Crippen MR) is 85.3 cm³/mol. The second-order valence-electron chi connectivity index (χ2n) is 6.68. The maximum atomic E-state index is 13.8. The number of rotatable bonds is 4. The molecule has 2 fully saturated rings. The second-order valence-corrected chi connectivity index (χ2v) is 6.68. The van der Waals surface area contributed by atoms with E-state index in [1.54, 1.807) is 13.0 Å². The molecule has 5 nitrogen and oxygen atoms in total. The van der Waals surface area contributed by atoms with Gasteiger partial charge < -0.3 is 20.1 Å². The molecule has 0 unspecified atom stereocenters. The van der Waals surface area contributed by atoms with Gasteiger partial charge in [0.25, 0.3) is 0 Å². The first-order valence-electron chi connectivity index (χ1n) is 7.98. The van der Waals surface area contributed by atoms with Crippen LogP contribution in [0.3, 0.4) is 0 Å². The van der Waals surface area contributed by atoms with Crippen molar-refractivity contribution in [2.75, 3.05) is 19.0 Å². The third kappa shape index (κ3) is 3.27. The lowest BCUT2D eigenvalue weighted by Crippen LogP contribution is -2.53. The Kier molecular flexibility index (Phi) is 4.19. The molecule has 2 amide bonds. The molecule has 6 heteroatoms. The van der Waals surface area contributed by atoms with Crippen molar-refractivity contribution in [1.29, 1.82) is 0 Å². The molecule has 1 aliphatic carbocycles. The summed E-state index contributed by atoms with van der Waals surface area (Å²) in [6.45, 7) is 4.48. The highest BCUT2D eigenvalue weighted by Gasteiger charge is 2.49. The number of aryl methyl sites for hydroxylation is 1. The number of methoxy groups -OCH3 is 1. The molecule has 1 aromatic carbocycles. The van der Waals surface area contributed by atoms with Crippen molar-refractivity contribution in [1.82, 2.24) is 5.32 Å². The molecule has 1 saturated carbocycles. The van der Waals surface area contributed by atoms with Gasteiger partial charge in [-0.15, -0.1) is 0 Å². The third-order valence-electron chi connectivity index (χ3n) is 4.74. The molecular formula is C17H23FN2O3. The summed E-state index contributed by atoms with van der Waals surface area (Å²) in [5, 5.41) is 5.75. The lowest BCUT2D eigenvalue weighted by Gasteiger charge is -2.31. The molecule has 2 atom stereocenters. The second kappa shape index (κ2) is 6.00. The molecule has 2 N–H and O–H groups in total. The Labute approximate surface area is 135 Å². The minimum absolute atomic E-state index is 0.0713. The van der Waals surface area contributed by atoms with Gasteiger partial charge in [0.1, 0.15) is 0 Å². The van der Waals surface area contributed by atoms with Gasteiger partial charge in [0.2, 0.25) is 0 Å². The van der Waals surface area contributed by atoms with Gasteiger partial charge in [0.05, 0.1) is 18.8 Å². The topological polar surface area (TPSA) is 59.6 Å². The number of hydrogen-bond donors (Lipinski definition) is 2. The van der Waals surface area contributed by atoms with Crippen LogP contribution in [-0.4, -0.2) is 31.4 Å². The molecule has 0 radical (unpaired) electrons. The lowest BCUT2D eigenvalue weighted by molar-refractivity contribution is 0.0597. The highest BCUT2D eigenvalue weighted by atomic mass is 19.1. The summed E-state index contributed by atoms with van der Waals surface area (Å²) in [7, 11) is 1.41. The summed E-state index contributed by atoms with van der Waals surface area (Å²) in [5.74, 6) is 0.209. The zero-order chi connectivity index (χ0) is 16.6. The van der Waals surface area contributed by atoms with Crippen LogP contribution in [0.25, 0.3) is 0 Å². The van der Waals surface area contributed by atoms with E-state index in [0.717, 1.165) is 24.8 Å². The van der Waals surface area contributed by atoms with Crippen LogP contribution in [0, 0.1) is 18.7 Å². The normalized spacial score (nSPS) is 26.9. The Morgan fingerprint density at radius 3 is 2.83 bits per heavy atom. The maximum absolute atomic E-state index is 13.8. The number of carbonyl (C=O) groups excluding carboxylic acids is 1. The number of urea groups is 1. The van der Waals surface area contributed by atoms with E-state index in [4.69, 9.17) is 9.47 Å². The molecule has 1 aromatic rings. The quantitative estimate of drug-likeness (QED) is 0.895. The van der Waals surface area contributed by atoms with Crippen LogP contribution in [0.15, 0.2) is 12.1 Å². The van der Waals surface area contributed by atoms with E-state index >= 15 is 0 Å². The largest absolute Gasteiger partial charge is 0.494 e. The van der Waals surface area contributed by atoms with E-state index in [0.29, 0.717) is 18.2 Å². The molecule has 1 aliphatic heterocycles. The van der Waals surface area contributed by atoms with Crippen molar-refractivity contribution in [2.45, 2.75) is 44.8 Å². The van der Waals surface area contributed by atoms with Gasteiger partial charge in [-0.2, -0.15) is 0 Å². The molecule has 1 saturated heterocycles. The summed E-state index contributed by atoms with van der Waals surface area (Å²) in [4.78, 5) is 12.3. The standard InChI is InChI=1S/C17H23FN2O3/c1-10-8-14(22-3)12(18)9-13(10)19-16(21)20-17(2)6-7-23-15(17)11-4-5-11/h8-9,11,15H,4-7H2,1-3H3,(H2,19,20,21)/t15-,17+/m0/s1. The van der Waals surface area contributed by atoms with Crippen LogP contribution in [0.4, 0.5) is 14.9 Å². The number of benzene rings is 1. The smallest absolute Gasteiger partial charge is 0.319 e. The maximum Gasteiger partial charge on any atom is 0.319 e. The molecule has 3 rings (SSSR count). The summed E-state index contributed by atoms with van der Waals surface area (Å²) in [6.07, 6.45) is 3.18. The number of hydrogen-bond acceptors (Lipinski definition) is 3. The van der Waals surface area contributed by atoms with E-state index in [9.17, 15) is 9.18 Å². The van der Waals surface area contributed by atoms with Gasteiger partial charge in [-0.3, -0.25) is 0 Å². The van der Waals surface area contributed by atoms with Crippen LogP contribution in [0.1, 0.15) is 31.7 Å². The van der Waals surface area contributed by atoms with Crippen molar-refractivity contribution >= 4 is 11.7 Å². The third-order valence-corrected chi connectivity index (χ3v) is 4.74. The Morgan fingerprint density at radius 1 is 1.43 bits per heavy atom. The number of amides is 2. The summed E-state index contributed by atoms with van der Waals surface area (Å²) in [6, 6.07) is 2.51. The summed E-state index contributed by atoms with van der Waals surface area (Å²) >= 11 is 0. The molecule has 1 heterocycles. The van der Waals surface area contributed by atoms with E-state index in [-0.39, 0.29) is 23.4 Å². The van der Waals surface area contributed by atoms with Crippen molar-refractivity contribution in [3.05, 3.63) is 23.5 Å². The average Bonchev–Trinajstić information content (AvgIpc) is 3.25. The zero-order valence-electron chi connectivity index (χ0n) is 13.7. The number of carbonyl (C=O) groups is 1. The fourth-order valence-electron chi connectivity index (χ4n) is 3.27. The van der Waals surface area contributed by atoms with E-state index < -0.39 is 5.82 Å². The first-order valence-corrected chi connectivity index (χ1v) is 7.98. The first kappa shape index (κ1) is 16.1.